The maximum absolute atomic E-state index is 5.77. The van der Waals surface area contributed by atoms with Crippen molar-refractivity contribution >= 4 is 0 Å². The van der Waals surface area contributed by atoms with Gasteiger partial charge in [0.2, 0.25) is 0 Å². The van der Waals surface area contributed by atoms with Crippen LogP contribution in [0.5, 0.6) is 5.75 Å². The van der Waals surface area contributed by atoms with Gasteiger partial charge in [0, 0.05) is 37.3 Å². The molecule has 0 saturated carbocycles. The number of morpholine rings is 1. The van der Waals surface area contributed by atoms with E-state index in [1.807, 2.05) is 24.4 Å². The third-order valence-electron chi connectivity index (χ3n) is 4.11. The Morgan fingerprint density at radius 2 is 2.39 bits per heavy atom. The lowest BCUT2D eigenvalue weighted by Crippen LogP contribution is -2.44. The van der Waals surface area contributed by atoms with Crippen molar-refractivity contribution < 1.29 is 9.47 Å². The Hall–Kier alpha value is -1.89. The highest BCUT2D eigenvalue weighted by molar-refractivity contribution is 5.64. The van der Waals surface area contributed by atoms with Crippen LogP contribution in [0.3, 0.4) is 0 Å². The van der Waals surface area contributed by atoms with Gasteiger partial charge in [-0.2, -0.15) is 5.10 Å². The van der Waals surface area contributed by atoms with Crippen molar-refractivity contribution in [1.82, 2.24) is 20.4 Å². The van der Waals surface area contributed by atoms with E-state index in [2.05, 4.69) is 33.5 Å². The molecule has 1 aromatic carbocycles. The van der Waals surface area contributed by atoms with Crippen LogP contribution in [0.2, 0.25) is 0 Å². The number of hydrogen-bond acceptors (Lipinski definition) is 5. The monoisotopic (exact) mass is 316 g/mol. The molecule has 2 N–H and O–H groups in total. The van der Waals surface area contributed by atoms with Gasteiger partial charge in [0.15, 0.2) is 0 Å². The minimum Gasteiger partial charge on any atom is -0.497 e. The van der Waals surface area contributed by atoms with E-state index in [1.54, 1.807) is 7.11 Å². The van der Waals surface area contributed by atoms with Crippen molar-refractivity contribution in [1.29, 1.82) is 0 Å². The molecule has 2 aromatic rings. The molecule has 6 nitrogen and oxygen atoms in total. The molecule has 0 amide bonds. The van der Waals surface area contributed by atoms with Gasteiger partial charge in [-0.05, 0) is 19.2 Å². The van der Waals surface area contributed by atoms with Crippen LogP contribution in [0.1, 0.15) is 5.56 Å². The zero-order valence-corrected chi connectivity index (χ0v) is 13.7. The van der Waals surface area contributed by atoms with Gasteiger partial charge in [0.25, 0.3) is 0 Å². The molecule has 2 heterocycles. The standard InChI is InChI=1S/C17H24N4O2/c1-21-6-7-23-16(12-21)11-18-9-14-10-19-20-17(14)13-4-3-5-15(8-13)22-2/h3-5,8,10,16,18H,6-7,9,11-12H2,1-2H3,(H,19,20)/t16-/m0/s1. The van der Waals surface area contributed by atoms with Gasteiger partial charge < -0.3 is 19.7 Å². The summed E-state index contributed by atoms with van der Waals surface area (Å²) < 4.78 is 11.1. The van der Waals surface area contributed by atoms with Crippen LogP contribution >= 0.6 is 0 Å². The summed E-state index contributed by atoms with van der Waals surface area (Å²) in [7, 11) is 3.81. The largest absolute Gasteiger partial charge is 0.497 e. The van der Waals surface area contributed by atoms with E-state index in [0.29, 0.717) is 0 Å². The second-order valence-electron chi connectivity index (χ2n) is 5.89. The number of aromatic amines is 1. The molecule has 3 rings (SSSR count). The average Bonchev–Trinajstić information content (AvgIpc) is 3.03. The molecule has 0 bridgehead atoms. The second-order valence-corrected chi connectivity index (χ2v) is 5.89. The fourth-order valence-electron chi connectivity index (χ4n) is 2.83. The Balaban J connectivity index is 1.60. The molecule has 0 radical (unpaired) electrons. The van der Waals surface area contributed by atoms with Gasteiger partial charge in [-0.15, -0.1) is 0 Å². The minimum absolute atomic E-state index is 0.251. The van der Waals surface area contributed by atoms with Crippen molar-refractivity contribution in [3.05, 3.63) is 36.0 Å². The Morgan fingerprint density at radius 1 is 1.48 bits per heavy atom. The molecule has 1 saturated heterocycles. The smallest absolute Gasteiger partial charge is 0.119 e. The summed E-state index contributed by atoms with van der Waals surface area (Å²) >= 11 is 0. The zero-order valence-electron chi connectivity index (χ0n) is 13.7. The fourth-order valence-corrected chi connectivity index (χ4v) is 2.83. The average molecular weight is 316 g/mol. The third kappa shape index (κ3) is 4.10. The van der Waals surface area contributed by atoms with E-state index in [-0.39, 0.29) is 6.10 Å². The van der Waals surface area contributed by atoms with Crippen molar-refractivity contribution in [3.63, 3.8) is 0 Å². The van der Waals surface area contributed by atoms with Gasteiger partial charge in [0.1, 0.15) is 5.75 Å². The maximum Gasteiger partial charge on any atom is 0.119 e. The number of likely N-dealkylation sites (N-methyl/N-ethyl adjacent to an activating group) is 1. The molecule has 1 fully saturated rings. The van der Waals surface area contributed by atoms with Gasteiger partial charge >= 0.3 is 0 Å². The van der Waals surface area contributed by atoms with Crippen LogP contribution in [-0.4, -0.2) is 61.6 Å². The lowest BCUT2D eigenvalue weighted by atomic mass is 10.1. The number of nitrogens with zero attached hydrogens (tertiary/aromatic N) is 2. The first-order valence-electron chi connectivity index (χ1n) is 7.94. The number of ether oxygens (including phenoxy) is 2. The van der Waals surface area contributed by atoms with Crippen LogP contribution in [0.25, 0.3) is 11.3 Å². The van der Waals surface area contributed by atoms with Crippen LogP contribution in [-0.2, 0) is 11.3 Å². The van der Waals surface area contributed by atoms with Gasteiger partial charge in [-0.25, -0.2) is 0 Å². The normalized spacial score (nSPS) is 19.0. The van der Waals surface area contributed by atoms with Gasteiger partial charge in [-0.3, -0.25) is 5.10 Å². The molecule has 1 atom stereocenters. The fraction of sp³-hybridized carbons (Fsp3) is 0.471. The summed E-state index contributed by atoms with van der Waals surface area (Å²) in [4.78, 5) is 2.30. The van der Waals surface area contributed by atoms with E-state index in [9.17, 15) is 0 Å². The molecule has 1 aliphatic rings. The molecule has 1 aromatic heterocycles. The van der Waals surface area contributed by atoms with E-state index in [4.69, 9.17) is 9.47 Å². The Kier molecular flexibility index (Phi) is 5.27. The predicted octanol–water partition coefficient (Wildman–Crippen LogP) is 1.51. The maximum atomic E-state index is 5.77. The Bertz CT molecular complexity index is 629. The lowest BCUT2D eigenvalue weighted by Gasteiger charge is -2.30. The summed E-state index contributed by atoms with van der Waals surface area (Å²) in [6.07, 6.45) is 2.12. The van der Waals surface area contributed by atoms with Crippen molar-refractivity contribution in [2.24, 2.45) is 0 Å². The topological polar surface area (TPSA) is 62.4 Å². The number of hydrogen-bond donors (Lipinski definition) is 2. The molecule has 23 heavy (non-hydrogen) atoms. The van der Waals surface area contributed by atoms with E-state index in [1.165, 1.54) is 0 Å². The predicted molar refractivity (Wildman–Crippen MR) is 89.5 cm³/mol. The van der Waals surface area contributed by atoms with Crippen molar-refractivity contribution in [2.75, 3.05) is 40.4 Å². The second kappa shape index (κ2) is 7.59. The number of nitrogens with one attached hydrogen (secondary N) is 2. The summed E-state index contributed by atoms with van der Waals surface area (Å²) in [5, 5.41) is 10.7. The first-order chi connectivity index (χ1) is 11.3. The highest BCUT2D eigenvalue weighted by Crippen LogP contribution is 2.24. The Labute approximate surface area is 136 Å². The van der Waals surface area contributed by atoms with Crippen molar-refractivity contribution in [2.45, 2.75) is 12.6 Å². The number of H-pyrrole nitrogens is 1. The molecular weight excluding hydrogens is 292 g/mol. The number of methoxy groups -OCH3 is 1. The number of aromatic nitrogens is 2. The lowest BCUT2D eigenvalue weighted by molar-refractivity contribution is -0.0182. The van der Waals surface area contributed by atoms with Crippen LogP contribution in [0.15, 0.2) is 30.5 Å². The van der Waals surface area contributed by atoms with Crippen LogP contribution < -0.4 is 10.1 Å². The number of benzene rings is 1. The molecule has 0 unspecified atom stereocenters. The summed E-state index contributed by atoms with van der Waals surface area (Å²) in [5.41, 5.74) is 3.24. The van der Waals surface area contributed by atoms with Crippen LogP contribution in [0.4, 0.5) is 0 Å². The van der Waals surface area contributed by atoms with E-state index < -0.39 is 0 Å². The molecule has 1 aliphatic heterocycles. The molecule has 0 spiro atoms. The number of rotatable bonds is 6. The first-order valence-corrected chi connectivity index (χ1v) is 7.94. The van der Waals surface area contributed by atoms with Crippen LogP contribution in [0, 0.1) is 0 Å². The third-order valence-corrected chi connectivity index (χ3v) is 4.11. The molecule has 6 heteroatoms. The summed E-state index contributed by atoms with van der Waals surface area (Å²) in [5.74, 6) is 0.842. The van der Waals surface area contributed by atoms with Gasteiger partial charge in [0.05, 0.1) is 31.7 Å². The Morgan fingerprint density at radius 3 is 3.22 bits per heavy atom. The highest BCUT2D eigenvalue weighted by Gasteiger charge is 2.17. The zero-order chi connectivity index (χ0) is 16.1. The molecule has 124 valence electrons. The van der Waals surface area contributed by atoms with E-state index >= 15 is 0 Å². The van der Waals surface area contributed by atoms with E-state index in [0.717, 1.165) is 55.4 Å². The summed E-state index contributed by atoms with van der Waals surface area (Å²) in [6.45, 7) is 4.39. The SMILES string of the molecule is COc1cccc(-c2[nH]ncc2CNC[C@H]2CN(C)CCO2)c1. The quantitative estimate of drug-likeness (QED) is 0.846. The highest BCUT2D eigenvalue weighted by atomic mass is 16.5. The van der Waals surface area contributed by atoms with Crippen molar-refractivity contribution in [3.8, 4) is 17.0 Å². The first kappa shape index (κ1) is 16.0. The summed E-state index contributed by atoms with van der Waals surface area (Å²) in [6, 6.07) is 7.99. The molecular formula is C17H24N4O2. The minimum atomic E-state index is 0.251. The molecule has 0 aliphatic carbocycles. The van der Waals surface area contributed by atoms with Gasteiger partial charge in [-0.1, -0.05) is 12.1 Å².